The Balaban J connectivity index is 1.79. The fraction of sp³-hybridized carbons (Fsp3) is 0.125. The molecule has 0 unspecified atom stereocenters. The number of rotatable bonds is 5. The first-order valence-corrected chi connectivity index (χ1v) is 6.98. The van der Waals surface area contributed by atoms with Gasteiger partial charge in [-0.3, -0.25) is 9.59 Å². The van der Waals surface area contributed by atoms with Gasteiger partial charge in [0.15, 0.2) is 0 Å². The van der Waals surface area contributed by atoms with Gasteiger partial charge < -0.3 is 10.6 Å². The van der Waals surface area contributed by atoms with Crippen LogP contribution in [0, 0.1) is 5.82 Å². The number of amides is 2. The molecule has 6 heteroatoms. The molecule has 0 radical (unpaired) electrons. The molecule has 2 rings (SSSR count). The van der Waals surface area contributed by atoms with E-state index in [0.717, 1.165) is 0 Å². The number of carbonyl (C=O) groups is 2. The highest BCUT2D eigenvalue weighted by atomic mass is 35.5. The normalized spacial score (nSPS) is 10.1. The fourth-order valence-electron chi connectivity index (χ4n) is 1.79. The zero-order valence-electron chi connectivity index (χ0n) is 11.6. The van der Waals surface area contributed by atoms with E-state index < -0.39 is 0 Å². The van der Waals surface area contributed by atoms with Crippen LogP contribution in [0.25, 0.3) is 0 Å². The number of hydrogen-bond donors (Lipinski definition) is 2. The highest BCUT2D eigenvalue weighted by Crippen LogP contribution is 2.19. The second kappa shape index (κ2) is 7.56. The molecular weight excluding hydrogens is 307 g/mol. The van der Waals surface area contributed by atoms with Gasteiger partial charge in [0.25, 0.3) is 0 Å². The number of nitrogens with one attached hydrogen (secondary N) is 2. The third-order valence-electron chi connectivity index (χ3n) is 2.87. The Hall–Kier alpha value is -2.40. The van der Waals surface area contributed by atoms with Crippen LogP contribution in [0.1, 0.15) is 5.56 Å². The number of anilines is 1. The highest BCUT2D eigenvalue weighted by Gasteiger charge is 2.08. The summed E-state index contributed by atoms with van der Waals surface area (Å²) in [6, 6.07) is 12.4. The summed E-state index contributed by atoms with van der Waals surface area (Å²) < 4.78 is 12.8. The van der Waals surface area contributed by atoms with E-state index in [1.165, 1.54) is 24.3 Å². The van der Waals surface area contributed by atoms with Crippen molar-refractivity contribution in [3.05, 3.63) is 64.9 Å². The maximum absolute atomic E-state index is 12.8. The van der Waals surface area contributed by atoms with Crippen molar-refractivity contribution in [2.45, 2.75) is 6.42 Å². The Kier molecular flexibility index (Phi) is 5.49. The molecule has 0 atom stereocenters. The van der Waals surface area contributed by atoms with Crippen molar-refractivity contribution >= 4 is 29.1 Å². The average molecular weight is 321 g/mol. The van der Waals surface area contributed by atoms with E-state index >= 15 is 0 Å². The maximum Gasteiger partial charge on any atom is 0.243 e. The zero-order chi connectivity index (χ0) is 15.9. The van der Waals surface area contributed by atoms with Crippen molar-refractivity contribution in [3.8, 4) is 0 Å². The molecule has 2 aromatic carbocycles. The predicted octanol–water partition coefficient (Wildman–Crippen LogP) is 2.78. The van der Waals surface area contributed by atoms with Gasteiger partial charge in [0, 0.05) is 0 Å². The molecule has 2 aromatic rings. The molecule has 0 fully saturated rings. The van der Waals surface area contributed by atoms with E-state index in [1.54, 1.807) is 24.3 Å². The van der Waals surface area contributed by atoms with Gasteiger partial charge in [-0.1, -0.05) is 35.9 Å². The van der Waals surface area contributed by atoms with E-state index in [4.69, 9.17) is 11.6 Å². The number of benzene rings is 2. The first-order chi connectivity index (χ1) is 10.5. The average Bonchev–Trinajstić information content (AvgIpc) is 2.50. The maximum atomic E-state index is 12.8. The molecule has 4 nitrogen and oxygen atoms in total. The smallest absolute Gasteiger partial charge is 0.243 e. The van der Waals surface area contributed by atoms with Crippen LogP contribution in [0.15, 0.2) is 48.5 Å². The van der Waals surface area contributed by atoms with Gasteiger partial charge in [0.2, 0.25) is 11.8 Å². The van der Waals surface area contributed by atoms with Crippen LogP contribution in [0.3, 0.4) is 0 Å². The van der Waals surface area contributed by atoms with Crippen molar-refractivity contribution in [1.29, 1.82) is 0 Å². The summed E-state index contributed by atoms with van der Waals surface area (Å²) in [6.45, 7) is -0.161. The minimum atomic E-state index is -0.374. The van der Waals surface area contributed by atoms with Crippen molar-refractivity contribution in [2.24, 2.45) is 0 Å². The van der Waals surface area contributed by atoms with Gasteiger partial charge in [-0.2, -0.15) is 0 Å². The predicted molar refractivity (Wildman–Crippen MR) is 83.2 cm³/mol. The Labute approximate surface area is 132 Å². The second-order valence-corrected chi connectivity index (χ2v) is 5.02. The van der Waals surface area contributed by atoms with E-state index in [1.807, 2.05) is 0 Å². The van der Waals surface area contributed by atoms with Crippen LogP contribution in [-0.2, 0) is 16.0 Å². The lowest BCUT2D eigenvalue weighted by atomic mass is 10.1. The van der Waals surface area contributed by atoms with Crippen molar-refractivity contribution in [2.75, 3.05) is 11.9 Å². The van der Waals surface area contributed by atoms with E-state index in [-0.39, 0.29) is 30.6 Å². The lowest BCUT2D eigenvalue weighted by molar-refractivity contribution is -0.123. The molecule has 0 aliphatic carbocycles. The number of halogens is 2. The summed E-state index contributed by atoms with van der Waals surface area (Å²) >= 11 is 5.92. The first-order valence-electron chi connectivity index (χ1n) is 6.60. The van der Waals surface area contributed by atoms with Crippen LogP contribution < -0.4 is 10.6 Å². The van der Waals surface area contributed by atoms with Crippen molar-refractivity contribution in [3.63, 3.8) is 0 Å². The third kappa shape index (κ3) is 4.86. The topological polar surface area (TPSA) is 58.2 Å². The van der Waals surface area contributed by atoms with Gasteiger partial charge >= 0.3 is 0 Å². The minimum absolute atomic E-state index is 0.0830. The molecule has 114 valence electrons. The molecule has 0 saturated heterocycles. The fourth-order valence-corrected chi connectivity index (χ4v) is 1.97. The second-order valence-electron chi connectivity index (χ2n) is 4.61. The lowest BCUT2D eigenvalue weighted by Crippen LogP contribution is -2.33. The van der Waals surface area contributed by atoms with Crippen molar-refractivity contribution < 1.29 is 14.0 Å². The summed E-state index contributed by atoms with van der Waals surface area (Å²) in [5.74, 6) is -1.05. The quantitative estimate of drug-likeness (QED) is 0.890. The van der Waals surface area contributed by atoms with Crippen LogP contribution in [0.2, 0.25) is 5.02 Å². The Morgan fingerprint density at radius 1 is 1.00 bits per heavy atom. The minimum Gasteiger partial charge on any atom is -0.347 e. The zero-order valence-corrected chi connectivity index (χ0v) is 12.4. The van der Waals surface area contributed by atoms with Gasteiger partial charge in [0.1, 0.15) is 5.82 Å². The lowest BCUT2D eigenvalue weighted by Gasteiger charge is -2.08. The Morgan fingerprint density at radius 3 is 2.36 bits per heavy atom. The molecule has 2 amide bonds. The number of carbonyl (C=O) groups excluding carboxylic acids is 2. The summed E-state index contributed by atoms with van der Waals surface area (Å²) in [7, 11) is 0. The molecule has 0 saturated carbocycles. The summed E-state index contributed by atoms with van der Waals surface area (Å²) in [5.41, 5.74) is 1.16. The first kappa shape index (κ1) is 16.0. The Morgan fingerprint density at radius 2 is 1.68 bits per heavy atom. The van der Waals surface area contributed by atoms with Crippen molar-refractivity contribution in [1.82, 2.24) is 5.32 Å². The highest BCUT2D eigenvalue weighted by molar-refractivity contribution is 6.33. The molecule has 0 heterocycles. The molecule has 0 aromatic heterocycles. The standard InChI is InChI=1S/C16H14ClFN2O2/c17-13-3-1-2-4-14(13)20-16(22)10-19-15(21)9-11-5-7-12(18)8-6-11/h1-8H,9-10H2,(H,19,21)(H,20,22). The molecule has 2 N–H and O–H groups in total. The van der Waals surface area contributed by atoms with Crippen LogP contribution in [0.5, 0.6) is 0 Å². The summed E-state index contributed by atoms with van der Waals surface area (Å²) in [4.78, 5) is 23.4. The molecule has 0 aliphatic heterocycles. The monoisotopic (exact) mass is 320 g/mol. The van der Waals surface area contributed by atoms with Gasteiger partial charge in [0.05, 0.1) is 23.7 Å². The molecule has 22 heavy (non-hydrogen) atoms. The Bertz CT molecular complexity index is 674. The van der Waals surface area contributed by atoms with E-state index in [9.17, 15) is 14.0 Å². The number of hydrogen-bond acceptors (Lipinski definition) is 2. The van der Waals surface area contributed by atoms with E-state index in [2.05, 4.69) is 10.6 Å². The summed E-state index contributed by atoms with van der Waals surface area (Å²) in [6.07, 6.45) is 0.0830. The molecule has 0 bridgehead atoms. The summed E-state index contributed by atoms with van der Waals surface area (Å²) in [5, 5.41) is 5.52. The van der Waals surface area contributed by atoms with Gasteiger partial charge in [-0.25, -0.2) is 4.39 Å². The molecule has 0 aliphatic rings. The third-order valence-corrected chi connectivity index (χ3v) is 3.20. The molecular formula is C16H14ClFN2O2. The van der Waals surface area contributed by atoms with Gasteiger partial charge in [-0.15, -0.1) is 0 Å². The number of para-hydroxylation sites is 1. The van der Waals surface area contributed by atoms with Crippen LogP contribution in [-0.4, -0.2) is 18.4 Å². The van der Waals surface area contributed by atoms with Crippen LogP contribution in [0.4, 0.5) is 10.1 Å². The van der Waals surface area contributed by atoms with E-state index in [0.29, 0.717) is 16.3 Å². The largest absolute Gasteiger partial charge is 0.347 e. The SMILES string of the molecule is O=C(Cc1ccc(F)cc1)NCC(=O)Nc1ccccc1Cl. The van der Waals surface area contributed by atoms with Crippen LogP contribution >= 0.6 is 11.6 Å². The van der Waals surface area contributed by atoms with Gasteiger partial charge in [-0.05, 0) is 29.8 Å². The molecule has 0 spiro atoms.